The molecule has 6 nitrogen and oxygen atoms in total. The molecule has 2 unspecified atom stereocenters. The van der Waals surface area contributed by atoms with Crippen molar-refractivity contribution in [1.29, 1.82) is 0 Å². The van der Waals surface area contributed by atoms with Crippen molar-refractivity contribution in [2.24, 2.45) is 0 Å². The standard InChI is InChI=1S/C15H20O6/c1-2-21-14(19)8-7-12(17)10-3-5-11(6-4-10)15(20)13(18)9-16/h3-6,13,15-16,18,20H,2,7-9H2,1H3. The number of aliphatic hydroxyl groups is 3. The fraction of sp³-hybridized carbons (Fsp3) is 0.467. The summed E-state index contributed by atoms with van der Waals surface area (Å²) in [5, 5.41) is 27.8. The predicted molar refractivity (Wildman–Crippen MR) is 74.7 cm³/mol. The number of Topliss-reactive ketones (excluding diaryl/α,β-unsaturated/α-hetero) is 1. The SMILES string of the molecule is CCOC(=O)CCC(=O)c1ccc(C(O)C(O)CO)cc1. The molecule has 0 radical (unpaired) electrons. The van der Waals surface area contributed by atoms with E-state index in [9.17, 15) is 19.8 Å². The second-order valence-electron chi connectivity index (χ2n) is 4.54. The summed E-state index contributed by atoms with van der Waals surface area (Å²) >= 11 is 0. The summed E-state index contributed by atoms with van der Waals surface area (Å²) in [4.78, 5) is 23.0. The van der Waals surface area contributed by atoms with Gasteiger partial charge in [0.05, 0.1) is 19.6 Å². The largest absolute Gasteiger partial charge is 0.466 e. The van der Waals surface area contributed by atoms with Crippen molar-refractivity contribution < 1.29 is 29.6 Å². The molecule has 0 saturated carbocycles. The van der Waals surface area contributed by atoms with Crippen LogP contribution >= 0.6 is 0 Å². The number of esters is 1. The fourth-order valence-electron chi connectivity index (χ4n) is 1.78. The smallest absolute Gasteiger partial charge is 0.306 e. The molecule has 0 aliphatic carbocycles. The molecule has 1 rings (SSSR count). The molecule has 0 fully saturated rings. The first-order chi connectivity index (χ1) is 9.99. The van der Waals surface area contributed by atoms with E-state index < -0.39 is 24.8 Å². The Labute approximate surface area is 123 Å². The fourth-order valence-corrected chi connectivity index (χ4v) is 1.78. The van der Waals surface area contributed by atoms with E-state index in [0.29, 0.717) is 11.1 Å². The molecular formula is C15H20O6. The van der Waals surface area contributed by atoms with E-state index in [1.54, 1.807) is 6.92 Å². The van der Waals surface area contributed by atoms with Crippen molar-refractivity contribution in [3.63, 3.8) is 0 Å². The zero-order chi connectivity index (χ0) is 15.8. The summed E-state index contributed by atoms with van der Waals surface area (Å²) < 4.78 is 4.74. The van der Waals surface area contributed by atoms with Gasteiger partial charge in [-0.15, -0.1) is 0 Å². The van der Waals surface area contributed by atoms with Gasteiger partial charge in [0.15, 0.2) is 5.78 Å². The molecule has 0 aromatic heterocycles. The molecule has 6 heteroatoms. The summed E-state index contributed by atoms with van der Waals surface area (Å²) in [6, 6.07) is 6.02. The Morgan fingerprint density at radius 2 is 1.76 bits per heavy atom. The van der Waals surface area contributed by atoms with E-state index in [0.717, 1.165) is 0 Å². The number of benzene rings is 1. The van der Waals surface area contributed by atoms with Crippen LogP contribution in [0.25, 0.3) is 0 Å². The lowest BCUT2D eigenvalue weighted by molar-refractivity contribution is -0.143. The molecule has 0 amide bonds. The van der Waals surface area contributed by atoms with E-state index >= 15 is 0 Å². The Bertz CT molecular complexity index is 468. The van der Waals surface area contributed by atoms with Crippen LogP contribution in [0.2, 0.25) is 0 Å². The van der Waals surface area contributed by atoms with Gasteiger partial charge in [0.25, 0.3) is 0 Å². The number of rotatable bonds is 8. The highest BCUT2D eigenvalue weighted by Gasteiger charge is 2.18. The number of ketones is 1. The second-order valence-corrected chi connectivity index (χ2v) is 4.54. The third kappa shape index (κ3) is 5.26. The van der Waals surface area contributed by atoms with E-state index in [-0.39, 0.29) is 25.2 Å². The van der Waals surface area contributed by atoms with Crippen LogP contribution in [-0.2, 0) is 9.53 Å². The van der Waals surface area contributed by atoms with Crippen molar-refractivity contribution in [2.75, 3.05) is 13.2 Å². The molecule has 0 bridgehead atoms. The first kappa shape index (κ1) is 17.3. The van der Waals surface area contributed by atoms with E-state index in [2.05, 4.69) is 0 Å². The number of aliphatic hydroxyl groups excluding tert-OH is 3. The summed E-state index contributed by atoms with van der Waals surface area (Å²) in [5.74, 6) is -0.615. The molecule has 1 aromatic carbocycles. The average molecular weight is 296 g/mol. The molecule has 0 heterocycles. The summed E-state index contributed by atoms with van der Waals surface area (Å²) in [5.41, 5.74) is 0.812. The van der Waals surface area contributed by atoms with Gasteiger partial charge in [-0.05, 0) is 12.5 Å². The average Bonchev–Trinajstić information content (AvgIpc) is 2.51. The van der Waals surface area contributed by atoms with Gasteiger partial charge < -0.3 is 20.1 Å². The summed E-state index contributed by atoms with van der Waals surface area (Å²) in [7, 11) is 0. The van der Waals surface area contributed by atoms with Crippen molar-refractivity contribution in [1.82, 2.24) is 0 Å². The first-order valence-electron chi connectivity index (χ1n) is 6.75. The first-order valence-corrected chi connectivity index (χ1v) is 6.75. The maximum atomic E-state index is 11.9. The monoisotopic (exact) mass is 296 g/mol. The van der Waals surface area contributed by atoms with Crippen molar-refractivity contribution >= 4 is 11.8 Å². The normalized spacial score (nSPS) is 13.5. The minimum absolute atomic E-state index is 0.0281. The number of carbonyl (C=O) groups is 2. The number of ether oxygens (including phenoxy) is 1. The highest BCUT2D eigenvalue weighted by molar-refractivity contribution is 5.97. The van der Waals surface area contributed by atoms with E-state index in [1.807, 2.05) is 0 Å². The minimum Gasteiger partial charge on any atom is -0.466 e. The molecule has 0 aliphatic rings. The third-order valence-electron chi connectivity index (χ3n) is 2.99. The van der Waals surface area contributed by atoms with Crippen LogP contribution < -0.4 is 0 Å². The van der Waals surface area contributed by atoms with Crippen molar-refractivity contribution in [2.45, 2.75) is 32.0 Å². The zero-order valence-electron chi connectivity index (χ0n) is 11.9. The lowest BCUT2D eigenvalue weighted by atomic mass is 10.0. The lowest BCUT2D eigenvalue weighted by Crippen LogP contribution is -2.22. The van der Waals surface area contributed by atoms with Gasteiger partial charge in [0.2, 0.25) is 0 Å². The van der Waals surface area contributed by atoms with Gasteiger partial charge in [-0.1, -0.05) is 24.3 Å². The van der Waals surface area contributed by atoms with Gasteiger partial charge in [-0.25, -0.2) is 0 Å². The van der Waals surface area contributed by atoms with Crippen LogP contribution in [0.1, 0.15) is 41.8 Å². The van der Waals surface area contributed by atoms with Gasteiger partial charge in [-0.3, -0.25) is 9.59 Å². The highest BCUT2D eigenvalue weighted by Crippen LogP contribution is 2.18. The molecular weight excluding hydrogens is 276 g/mol. The summed E-state index contributed by atoms with van der Waals surface area (Å²) in [6.07, 6.45) is -2.39. The van der Waals surface area contributed by atoms with E-state index in [1.165, 1.54) is 24.3 Å². The molecule has 21 heavy (non-hydrogen) atoms. The van der Waals surface area contributed by atoms with Crippen LogP contribution in [0.5, 0.6) is 0 Å². The molecule has 116 valence electrons. The van der Waals surface area contributed by atoms with Crippen molar-refractivity contribution in [3.8, 4) is 0 Å². The Kier molecular flexibility index (Phi) is 7.01. The van der Waals surface area contributed by atoms with Crippen LogP contribution in [-0.4, -0.2) is 46.4 Å². The van der Waals surface area contributed by atoms with Crippen LogP contribution in [0.15, 0.2) is 24.3 Å². The number of hydrogen-bond donors (Lipinski definition) is 3. The predicted octanol–water partition coefficient (Wildman–Crippen LogP) is 0.599. The quantitative estimate of drug-likeness (QED) is 0.479. The van der Waals surface area contributed by atoms with Gasteiger partial charge in [-0.2, -0.15) is 0 Å². The Balaban J connectivity index is 2.61. The minimum atomic E-state index is -1.27. The van der Waals surface area contributed by atoms with E-state index in [4.69, 9.17) is 9.84 Å². The Morgan fingerprint density at radius 3 is 2.29 bits per heavy atom. The van der Waals surface area contributed by atoms with Crippen LogP contribution in [0.3, 0.4) is 0 Å². The molecule has 0 aliphatic heterocycles. The Morgan fingerprint density at radius 1 is 1.14 bits per heavy atom. The number of hydrogen-bond acceptors (Lipinski definition) is 6. The second kappa shape index (κ2) is 8.51. The topological polar surface area (TPSA) is 104 Å². The van der Waals surface area contributed by atoms with Gasteiger partial charge >= 0.3 is 5.97 Å². The van der Waals surface area contributed by atoms with Crippen LogP contribution in [0, 0.1) is 0 Å². The van der Waals surface area contributed by atoms with Gasteiger partial charge in [0, 0.05) is 12.0 Å². The third-order valence-corrected chi connectivity index (χ3v) is 2.99. The lowest BCUT2D eigenvalue weighted by Gasteiger charge is -2.16. The van der Waals surface area contributed by atoms with Crippen LogP contribution in [0.4, 0.5) is 0 Å². The maximum absolute atomic E-state index is 11.9. The summed E-state index contributed by atoms with van der Waals surface area (Å²) in [6.45, 7) is 1.43. The Hall–Kier alpha value is -1.76. The molecule has 1 aromatic rings. The molecule has 0 spiro atoms. The highest BCUT2D eigenvalue weighted by atomic mass is 16.5. The van der Waals surface area contributed by atoms with Gasteiger partial charge in [0.1, 0.15) is 12.2 Å². The molecule has 0 saturated heterocycles. The molecule has 2 atom stereocenters. The number of carbonyl (C=O) groups excluding carboxylic acids is 2. The molecule has 3 N–H and O–H groups in total. The van der Waals surface area contributed by atoms with Crippen molar-refractivity contribution in [3.05, 3.63) is 35.4 Å². The maximum Gasteiger partial charge on any atom is 0.306 e. The zero-order valence-corrected chi connectivity index (χ0v) is 11.9.